The molecule has 0 atom stereocenters. The lowest BCUT2D eigenvalue weighted by molar-refractivity contribution is -0.384. The third-order valence-electron chi connectivity index (χ3n) is 4.62. The highest BCUT2D eigenvalue weighted by Crippen LogP contribution is 2.31. The number of aryl methyl sites for hydroxylation is 2. The second-order valence-electron chi connectivity index (χ2n) is 6.70. The van der Waals surface area contributed by atoms with Crippen molar-refractivity contribution in [3.8, 4) is 17.2 Å². The minimum absolute atomic E-state index is 0.0351. The first-order chi connectivity index (χ1) is 13.9. The Labute approximate surface area is 166 Å². The fraction of sp³-hybridized carbons (Fsp3) is 0.0909. The van der Waals surface area contributed by atoms with E-state index in [0.717, 1.165) is 16.6 Å². The van der Waals surface area contributed by atoms with Crippen molar-refractivity contribution in [2.24, 2.45) is 4.99 Å². The van der Waals surface area contributed by atoms with E-state index in [1.807, 2.05) is 49.4 Å². The molecule has 0 aliphatic carbocycles. The van der Waals surface area contributed by atoms with Crippen LogP contribution in [0.5, 0.6) is 5.75 Å². The summed E-state index contributed by atoms with van der Waals surface area (Å²) in [4.78, 5) is 19.5. The Morgan fingerprint density at radius 3 is 2.66 bits per heavy atom. The molecule has 1 N–H and O–H groups in total. The third kappa shape index (κ3) is 3.58. The lowest BCUT2D eigenvalue weighted by Gasteiger charge is -2.05. The zero-order valence-electron chi connectivity index (χ0n) is 15.8. The normalized spacial score (nSPS) is 11.4. The van der Waals surface area contributed by atoms with E-state index in [9.17, 15) is 15.2 Å². The maximum absolute atomic E-state index is 11.1. The summed E-state index contributed by atoms with van der Waals surface area (Å²) in [5.41, 5.74) is 4.38. The molecule has 0 aliphatic heterocycles. The maximum Gasteiger partial charge on any atom is 0.270 e. The van der Waals surface area contributed by atoms with Crippen LogP contribution in [-0.4, -0.2) is 21.2 Å². The number of nitrogens with zero attached hydrogens (tertiary/aromatic N) is 3. The number of nitro benzene ring substituents is 1. The van der Waals surface area contributed by atoms with Crippen LogP contribution < -0.4 is 0 Å². The molecule has 0 aliphatic rings. The molecule has 0 unspecified atom stereocenters. The highest BCUT2D eigenvalue weighted by molar-refractivity contribution is 5.88. The number of para-hydroxylation sites is 2. The number of benzene rings is 3. The van der Waals surface area contributed by atoms with Gasteiger partial charge in [0.15, 0.2) is 5.58 Å². The van der Waals surface area contributed by atoms with Gasteiger partial charge in [-0.05, 0) is 49.2 Å². The van der Waals surface area contributed by atoms with Gasteiger partial charge in [0.05, 0.1) is 10.6 Å². The van der Waals surface area contributed by atoms with Crippen LogP contribution in [0.3, 0.4) is 0 Å². The smallest absolute Gasteiger partial charge is 0.270 e. The standard InChI is InChI=1S/C22H17N3O4/c1-13-7-8-15(22-24-18-5-3-4-6-20(18)29-22)11-19(13)23-12-16-10-17(25(27)28)9-14(2)21(16)26/h3-12,26H,1-2H3. The fourth-order valence-corrected chi connectivity index (χ4v) is 3.01. The predicted octanol–water partition coefficient (Wildman–Crippen LogP) is 5.48. The van der Waals surface area contributed by atoms with E-state index >= 15 is 0 Å². The van der Waals surface area contributed by atoms with E-state index in [-0.39, 0.29) is 17.0 Å². The SMILES string of the molecule is Cc1ccc(-c2nc3ccccc3o2)cc1N=Cc1cc([N+](=O)[O-])cc(C)c1O. The minimum atomic E-state index is -0.497. The van der Waals surface area contributed by atoms with Gasteiger partial charge in [-0.1, -0.05) is 18.2 Å². The van der Waals surface area contributed by atoms with Crippen LogP contribution in [0.4, 0.5) is 11.4 Å². The lowest BCUT2D eigenvalue weighted by Crippen LogP contribution is -1.93. The van der Waals surface area contributed by atoms with Crippen molar-refractivity contribution in [2.75, 3.05) is 0 Å². The summed E-state index contributed by atoms with van der Waals surface area (Å²) in [6.07, 6.45) is 1.42. The number of hydrogen-bond acceptors (Lipinski definition) is 6. The van der Waals surface area contributed by atoms with Crippen molar-refractivity contribution in [2.45, 2.75) is 13.8 Å². The molecule has 4 aromatic rings. The van der Waals surface area contributed by atoms with Gasteiger partial charge in [-0.2, -0.15) is 0 Å². The van der Waals surface area contributed by atoms with Gasteiger partial charge in [-0.25, -0.2) is 4.98 Å². The molecule has 29 heavy (non-hydrogen) atoms. The summed E-state index contributed by atoms with van der Waals surface area (Å²) in [7, 11) is 0. The van der Waals surface area contributed by atoms with Crippen molar-refractivity contribution < 1.29 is 14.4 Å². The molecule has 3 aromatic carbocycles. The van der Waals surface area contributed by atoms with Crippen molar-refractivity contribution in [1.82, 2.24) is 4.98 Å². The van der Waals surface area contributed by atoms with Crippen molar-refractivity contribution in [3.63, 3.8) is 0 Å². The number of non-ortho nitro benzene ring substituents is 1. The molecule has 0 saturated carbocycles. The molecule has 0 amide bonds. The van der Waals surface area contributed by atoms with Gasteiger partial charge in [-0.3, -0.25) is 15.1 Å². The number of aromatic hydroxyl groups is 1. The van der Waals surface area contributed by atoms with Gasteiger partial charge in [-0.15, -0.1) is 0 Å². The Morgan fingerprint density at radius 1 is 1.10 bits per heavy atom. The van der Waals surface area contributed by atoms with Gasteiger partial charge >= 0.3 is 0 Å². The molecule has 0 radical (unpaired) electrons. The van der Waals surface area contributed by atoms with Crippen LogP contribution in [0.2, 0.25) is 0 Å². The zero-order valence-corrected chi connectivity index (χ0v) is 15.8. The van der Waals surface area contributed by atoms with Gasteiger partial charge in [0, 0.05) is 29.5 Å². The average Bonchev–Trinajstić information content (AvgIpc) is 3.14. The predicted molar refractivity (Wildman–Crippen MR) is 111 cm³/mol. The fourth-order valence-electron chi connectivity index (χ4n) is 3.01. The Hall–Kier alpha value is -4.00. The number of fused-ring (bicyclic) bond motifs is 1. The Bertz CT molecular complexity index is 1240. The van der Waals surface area contributed by atoms with Gasteiger partial charge in [0.2, 0.25) is 5.89 Å². The first-order valence-electron chi connectivity index (χ1n) is 8.91. The second kappa shape index (κ2) is 7.20. The molecule has 7 nitrogen and oxygen atoms in total. The van der Waals surface area contributed by atoms with E-state index in [4.69, 9.17) is 4.42 Å². The van der Waals surface area contributed by atoms with Crippen molar-refractivity contribution in [1.29, 1.82) is 0 Å². The highest BCUT2D eigenvalue weighted by atomic mass is 16.6. The molecule has 0 spiro atoms. The zero-order chi connectivity index (χ0) is 20.5. The molecule has 4 rings (SSSR count). The van der Waals surface area contributed by atoms with Gasteiger partial charge in [0.1, 0.15) is 11.3 Å². The number of aromatic nitrogens is 1. The molecule has 7 heteroatoms. The number of nitro groups is 1. The van der Waals surface area contributed by atoms with Crippen molar-refractivity contribution in [3.05, 3.63) is 81.4 Å². The summed E-state index contributed by atoms with van der Waals surface area (Å²) < 4.78 is 5.81. The van der Waals surface area contributed by atoms with Gasteiger partial charge in [0.25, 0.3) is 5.69 Å². The number of oxazole rings is 1. The Morgan fingerprint density at radius 2 is 1.90 bits per heavy atom. The minimum Gasteiger partial charge on any atom is -0.507 e. The number of rotatable bonds is 4. The first-order valence-corrected chi connectivity index (χ1v) is 8.91. The quantitative estimate of drug-likeness (QED) is 0.284. The summed E-state index contributed by atoms with van der Waals surface area (Å²) in [6, 6.07) is 15.8. The number of phenols is 1. The van der Waals surface area contributed by atoms with E-state index < -0.39 is 4.92 Å². The average molecular weight is 387 g/mol. The number of phenolic OH excluding ortho intramolecular Hbond substituents is 1. The Kier molecular flexibility index (Phi) is 4.56. The monoisotopic (exact) mass is 387 g/mol. The molecule has 1 heterocycles. The molecule has 1 aromatic heterocycles. The summed E-state index contributed by atoms with van der Waals surface area (Å²) in [5.74, 6) is 0.448. The van der Waals surface area contributed by atoms with Crippen LogP contribution in [0, 0.1) is 24.0 Å². The van der Waals surface area contributed by atoms with Crippen LogP contribution in [0.15, 0.2) is 64.0 Å². The molecule has 0 fully saturated rings. The second-order valence-corrected chi connectivity index (χ2v) is 6.70. The van der Waals surface area contributed by atoms with E-state index in [1.165, 1.54) is 18.3 Å². The molecular weight excluding hydrogens is 370 g/mol. The topological polar surface area (TPSA) is 102 Å². The van der Waals surface area contributed by atoms with Crippen LogP contribution in [0.1, 0.15) is 16.7 Å². The molecular formula is C22H17N3O4. The van der Waals surface area contributed by atoms with Crippen molar-refractivity contribution >= 4 is 28.7 Å². The lowest BCUT2D eigenvalue weighted by atomic mass is 10.1. The number of hydrogen-bond donors (Lipinski definition) is 1. The summed E-state index contributed by atoms with van der Waals surface area (Å²) in [5, 5.41) is 21.3. The molecule has 0 bridgehead atoms. The summed E-state index contributed by atoms with van der Waals surface area (Å²) >= 11 is 0. The van der Waals surface area contributed by atoms with E-state index in [2.05, 4.69) is 9.98 Å². The van der Waals surface area contributed by atoms with Crippen LogP contribution in [-0.2, 0) is 0 Å². The summed E-state index contributed by atoms with van der Waals surface area (Å²) in [6.45, 7) is 3.51. The third-order valence-corrected chi connectivity index (χ3v) is 4.62. The highest BCUT2D eigenvalue weighted by Gasteiger charge is 2.13. The molecule has 0 saturated heterocycles. The Balaban J connectivity index is 1.73. The number of aliphatic imine (C=N–C) groups is 1. The largest absolute Gasteiger partial charge is 0.507 e. The van der Waals surface area contributed by atoms with E-state index in [1.54, 1.807) is 6.92 Å². The molecule has 144 valence electrons. The van der Waals surface area contributed by atoms with E-state index in [0.29, 0.717) is 22.7 Å². The van der Waals surface area contributed by atoms with Crippen LogP contribution in [0.25, 0.3) is 22.6 Å². The van der Waals surface area contributed by atoms with Crippen LogP contribution >= 0.6 is 0 Å². The van der Waals surface area contributed by atoms with Gasteiger partial charge < -0.3 is 9.52 Å². The maximum atomic E-state index is 11.1. The first kappa shape index (κ1) is 18.4.